The number of ether oxygens (including phenoxy) is 1. The standard InChI is InChI=1S/C15H13BrFN3O3S/c1-7-4-10(17)13(16)8(2)9(7)6-18-20-15-19-14(22)11(24-15)5-12(21)23-3/h4-6H,1-3H3,(H,19,20,22)/b11-5+,18-6?. The topological polar surface area (TPSA) is 80.1 Å². The highest BCUT2D eigenvalue weighted by Crippen LogP contribution is 2.26. The Hall–Kier alpha value is -2.00. The van der Waals surface area contributed by atoms with Gasteiger partial charge >= 0.3 is 5.97 Å². The van der Waals surface area contributed by atoms with Gasteiger partial charge < -0.3 is 4.74 Å². The lowest BCUT2D eigenvalue weighted by molar-refractivity contribution is -0.135. The Labute approximate surface area is 150 Å². The molecule has 1 saturated heterocycles. The van der Waals surface area contributed by atoms with Crippen LogP contribution < -0.4 is 5.32 Å². The lowest BCUT2D eigenvalue weighted by Gasteiger charge is -2.07. The number of rotatable bonds is 3. The number of nitrogens with zero attached hydrogens (tertiary/aromatic N) is 2. The third-order valence-electron chi connectivity index (χ3n) is 3.15. The van der Waals surface area contributed by atoms with Gasteiger partial charge in [-0.2, -0.15) is 5.10 Å². The largest absolute Gasteiger partial charge is 0.466 e. The van der Waals surface area contributed by atoms with Crippen LogP contribution in [-0.4, -0.2) is 30.4 Å². The first-order chi connectivity index (χ1) is 11.3. The van der Waals surface area contributed by atoms with Gasteiger partial charge in [0.2, 0.25) is 0 Å². The summed E-state index contributed by atoms with van der Waals surface area (Å²) in [5, 5.41) is 10.5. The van der Waals surface area contributed by atoms with Crippen molar-refractivity contribution in [2.24, 2.45) is 10.2 Å². The number of nitrogens with one attached hydrogen (secondary N) is 1. The second-order valence-corrected chi connectivity index (χ2v) is 6.59. The Morgan fingerprint density at radius 1 is 1.46 bits per heavy atom. The number of amides is 1. The van der Waals surface area contributed by atoms with Gasteiger partial charge in [-0.1, -0.05) is 0 Å². The molecule has 0 spiro atoms. The highest BCUT2D eigenvalue weighted by Gasteiger charge is 2.25. The van der Waals surface area contributed by atoms with Gasteiger partial charge in [0.05, 0.1) is 22.7 Å². The van der Waals surface area contributed by atoms with Crippen LogP contribution in [0.3, 0.4) is 0 Å². The third kappa shape index (κ3) is 4.09. The molecule has 0 saturated carbocycles. The van der Waals surface area contributed by atoms with E-state index in [9.17, 15) is 14.0 Å². The van der Waals surface area contributed by atoms with E-state index in [1.807, 2.05) is 0 Å². The maximum absolute atomic E-state index is 13.6. The summed E-state index contributed by atoms with van der Waals surface area (Å²) in [5.74, 6) is -1.42. The molecule has 0 aromatic heterocycles. The summed E-state index contributed by atoms with van der Waals surface area (Å²) < 4.78 is 18.4. The number of methoxy groups -OCH3 is 1. The van der Waals surface area contributed by atoms with Crippen molar-refractivity contribution in [2.45, 2.75) is 13.8 Å². The average molecular weight is 414 g/mol. The molecular weight excluding hydrogens is 401 g/mol. The van der Waals surface area contributed by atoms with Crippen LogP contribution in [0.4, 0.5) is 4.39 Å². The van der Waals surface area contributed by atoms with Gasteiger partial charge in [0, 0.05) is 11.6 Å². The summed E-state index contributed by atoms with van der Waals surface area (Å²) >= 11 is 4.16. The van der Waals surface area contributed by atoms with Crippen LogP contribution in [0, 0.1) is 19.7 Å². The van der Waals surface area contributed by atoms with Gasteiger partial charge in [-0.05, 0) is 58.7 Å². The molecule has 0 bridgehead atoms. The van der Waals surface area contributed by atoms with E-state index < -0.39 is 11.9 Å². The van der Waals surface area contributed by atoms with Crippen LogP contribution in [0.2, 0.25) is 0 Å². The van der Waals surface area contributed by atoms with Gasteiger partial charge in [-0.25, -0.2) is 9.18 Å². The zero-order chi connectivity index (χ0) is 17.9. The first-order valence-electron chi connectivity index (χ1n) is 6.68. The number of carbonyl (C=O) groups excluding carboxylic acids is 2. The molecule has 0 radical (unpaired) electrons. The number of halogens is 2. The molecule has 0 aliphatic carbocycles. The highest BCUT2D eigenvalue weighted by molar-refractivity contribution is 9.10. The predicted octanol–water partition coefficient (Wildman–Crippen LogP) is 2.81. The number of aryl methyl sites for hydroxylation is 1. The zero-order valence-electron chi connectivity index (χ0n) is 13.0. The fourth-order valence-corrected chi connectivity index (χ4v) is 2.97. The monoisotopic (exact) mass is 413 g/mol. The van der Waals surface area contributed by atoms with Crippen molar-refractivity contribution >= 4 is 51.0 Å². The molecule has 2 rings (SSSR count). The minimum Gasteiger partial charge on any atom is -0.466 e. The lowest BCUT2D eigenvalue weighted by atomic mass is 10.0. The molecule has 1 heterocycles. The number of benzene rings is 1. The fraction of sp³-hybridized carbons (Fsp3) is 0.200. The van der Waals surface area contributed by atoms with Gasteiger partial charge in [-0.3, -0.25) is 10.1 Å². The summed E-state index contributed by atoms with van der Waals surface area (Å²) in [5.41, 5.74) is 2.14. The molecule has 24 heavy (non-hydrogen) atoms. The molecule has 1 aliphatic heterocycles. The molecule has 1 amide bonds. The molecule has 1 aromatic carbocycles. The molecule has 6 nitrogen and oxygen atoms in total. The summed E-state index contributed by atoms with van der Waals surface area (Å²) in [4.78, 5) is 23.0. The smallest absolute Gasteiger partial charge is 0.331 e. The van der Waals surface area contributed by atoms with Crippen LogP contribution in [0.1, 0.15) is 16.7 Å². The number of amidine groups is 1. The van der Waals surface area contributed by atoms with Crippen molar-refractivity contribution in [1.29, 1.82) is 0 Å². The van der Waals surface area contributed by atoms with Crippen LogP contribution >= 0.6 is 27.7 Å². The van der Waals surface area contributed by atoms with E-state index >= 15 is 0 Å². The van der Waals surface area contributed by atoms with Crippen molar-refractivity contribution in [1.82, 2.24) is 5.32 Å². The molecule has 1 fully saturated rings. The van der Waals surface area contributed by atoms with Crippen molar-refractivity contribution in [3.05, 3.63) is 44.0 Å². The minimum absolute atomic E-state index is 0.174. The quantitative estimate of drug-likeness (QED) is 0.357. The Morgan fingerprint density at radius 2 is 2.17 bits per heavy atom. The normalized spacial score (nSPS) is 17.8. The summed E-state index contributed by atoms with van der Waals surface area (Å²) in [6.07, 6.45) is 2.56. The lowest BCUT2D eigenvalue weighted by Crippen LogP contribution is -2.19. The Balaban J connectivity index is 2.19. The SMILES string of the molecule is COC(=O)/C=C1/S/C(=N\N=Cc2c(C)cc(F)c(Br)c2C)NC1=O. The highest BCUT2D eigenvalue weighted by atomic mass is 79.9. The van der Waals surface area contributed by atoms with E-state index in [2.05, 4.69) is 36.2 Å². The van der Waals surface area contributed by atoms with Crippen molar-refractivity contribution in [3.8, 4) is 0 Å². The number of esters is 1. The van der Waals surface area contributed by atoms with Gasteiger partial charge in [0.1, 0.15) is 5.82 Å². The van der Waals surface area contributed by atoms with Gasteiger partial charge in [0.25, 0.3) is 5.91 Å². The van der Waals surface area contributed by atoms with Crippen LogP contribution in [-0.2, 0) is 14.3 Å². The minimum atomic E-state index is -0.625. The van der Waals surface area contributed by atoms with E-state index in [-0.39, 0.29) is 15.9 Å². The second kappa shape index (κ2) is 7.71. The Morgan fingerprint density at radius 3 is 2.83 bits per heavy atom. The second-order valence-electron chi connectivity index (χ2n) is 4.77. The molecule has 1 aromatic rings. The molecule has 126 valence electrons. The van der Waals surface area contributed by atoms with Gasteiger partial charge in [-0.15, -0.1) is 5.10 Å². The van der Waals surface area contributed by atoms with E-state index in [1.165, 1.54) is 19.4 Å². The molecule has 1 N–H and O–H groups in total. The number of hydrogen-bond acceptors (Lipinski definition) is 6. The molecule has 1 aliphatic rings. The first-order valence-corrected chi connectivity index (χ1v) is 8.29. The maximum atomic E-state index is 13.6. The van der Waals surface area contributed by atoms with Crippen LogP contribution in [0.15, 0.2) is 31.7 Å². The third-order valence-corrected chi connectivity index (χ3v) is 5.02. The van der Waals surface area contributed by atoms with Gasteiger partial charge in [0.15, 0.2) is 5.17 Å². The van der Waals surface area contributed by atoms with E-state index in [1.54, 1.807) is 13.8 Å². The Bertz CT molecular complexity index is 806. The number of thioether (sulfide) groups is 1. The zero-order valence-corrected chi connectivity index (χ0v) is 15.4. The maximum Gasteiger partial charge on any atom is 0.331 e. The molecular formula is C15H13BrFN3O3S. The van der Waals surface area contributed by atoms with E-state index in [4.69, 9.17) is 0 Å². The molecule has 0 atom stereocenters. The Kier molecular flexibility index (Phi) is 5.89. The molecule has 9 heteroatoms. The van der Waals surface area contributed by atoms with E-state index in [0.29, 0.717) is 15.6 Å². The number of carbonyl (C=O) groups is 2. The van der Waals surface area contributed by atoms with Crippen LogP contribution in [0.5, 0.6) is 0 Å². The van der Waals surface area contributed by atoms with Crippen LogP contribution in [0.25, 0.3) is 0 Å². The predicted molar refractivity (Wildman–Crippen MR) is 94.4 cm³/mol. The summed E-state index contributed by atoms with van der Waals surface area (Å²) in [7, 11) is 1.22. The van der Waals surface area contributed by atoms with Crippen molar-refractivity contribution in [2.75, 3.05) is 7.11 Å². The molecule has 0 unspecified atom stereocenters. The fourth-order valence-electron chi connectivity index (χ4n) is 1.90. The average Bonchev–Trinajstić information content (AvgIpc) is 2.88. The first kappa shape index (κ1) is 18.3. The van der Waals surface area contributed by atoms with Crippen molar-refractivity contribution in [3.63, 3.8) is 0 Å². The summed E-state index contributed by atoms with van der Waals surface area (Å²) in [6.45, 7) is 3.53. The summed E-state index contributed by atoms with van der Waals surface area (Å²) in [6, 6.07) is 1.40. The van der Waals surface area contributed by atoms with Crippen molar-refractivity contribution < 1.29 is 18.7 Å². The number of hydrogen-bond donors (Lipinski definition) is 1. The van der Waals surface area contributed by atoms with E-state index in [0.717, 1.165) is 23.4 Å².